The number of carbonyl (C=O) groups excluding carboxylic acids is 1. The molecule has 1 fully saturated rings. The quantitative estimate of drug-likeness (QED) is 0.676. The lowest BCUT2D eigenvalue weighted by atomic mass is 9.93. The van der Waals surface area contributed by atoms with E-state index < -0.39 is 0 Å². The van der Waals surface area contributed by atoms with E-state index in [1.165, 1.54) is 5.56 Å². The summed E-state index contributed by atoms with van der Waals surface area (Å²) in [7, 11) is 0. The number of hydrogen-bond acceptors (Lipinski definition) is 5. The molecule has 0 amide bonds. The Morgan fingerprint density at radius 1 is 1.20 bits per heavy atom. The summed E-state index contributed by atoms with van der Waals surface area (Å²) in [5.41, 5.74) is 2.74. The lowest BCUT2D eigenvalue weighted by molar-refractivity contribution is 0.0618. The van der Waals surface area contributed by atoms with Gasteiger partial charge in [-0.1, -0.05) is 35.0 Å². The van der Waals surface area contributed by atoms with Gasteiger partial charge in [0, 0.05) is 25.7 Å². The van der Waals surface area contributed by atoms with Crippen molar-refractivity contribution in [2.24, 2.45) is 5.92 Å². The number of nitrogens with zero attached hydrogens (tertiary/aromatic N) is 1. The second-order valence-corrected chi connectivity index (χ2v) is 6.67. The molecule has 3 rings (SSSR count). The zero-order chi connectivity index (χ0) is 17.5. The van der Waals surface area contributed by atoms with Crippen LogP contribution in [0, 0.1) is 12.8 Å². The van der Waals surface area contributed by atoms with Crippen molar-refractivity contribution in [1.82, 2.24) is 5.16 Å². The molecule has 0 saturated carbocycles. The standard InChI is InChI=1S/C20H25NO4/c1-15-2-4-17(5-3-15)13-24-14-18-12-19(21-25-18)20(22)7-6-16-8-10-23-11-9-16/h2-5,12,16H,6-11,13-14H2,1H3. The summed E-state index contributed by atoms with van der Waals surface area (Å²) in [6, 6.07) is 9.90. The highest BCUT2D eigenvalue weighted by Crippen LogP contribution is 2.21. The first-order valence-corrected chi connectivity index (χ1v) is 8.90. The van der Waals surface area contributed by atoms with E-state index in [0.717, 1.165) is 38.0 Å². The molecule has 0 unspecified atom stereocenters. The van der Waals surface area contributed by atoms with Crippen molar-refractivity contribution in [3.05, 3.63) is 52.9 Å². The maximum Gasteiger partial charge on any atom is 0.184 e. The van der Waals surface area contributed by atoms with Crippen LogP contribution in [0.1, 0.15) is 53.1 Å². The molecular formula is C20H25NO4. The molecule has 5 nitrogen and oxygen atoms in total. The highest BCUT2D eigenvalue weighted by atomic mass is 16.5. The molecule has 2 heterocycles. The van der Waals surface area contributed by atoms with E-state index in [0.29, 0.717) is 37.0 Å². The van der Waals surface area contributed by atoms with E-state index >= 15 is 0 Å². The van der Waals surface area contributed by atoms with E-state index in [9.17, 15) is 4.79 Å². The molecular weight excluding hydrogens is 318 g/mol. The molecule has 1 aliphatic rings. The summed E-state index contributed by atoms with van der Waals surface area (Å²) in [5.74, 6) is 1.21. The van der Waals surface area contributed by atoms with Crippen molar-refractivity contribution in [3.8, 4) is 0 Å². The van der Waals surface area contributed by atoms with Crippen molar-refractivity contribution in [1.29, 1.82) is 0 Å². The van der Waals surface area contributed by atoms with Crippen molar-refractivity contribution in [2.75, 3.05) is 13.2 Å². The Morgan fingerprint density at radius 2 is 1.96 bits per heavy atom. The fraction of sp³-hybridized carbons (Fsp3) is 0.500. The topological polar surface area (TPSA) is 61.6 Å². The molecule has 1 saturated heterocycles. The molecule has 2 aromatic rings. The molecule has 0 spiro atoms. The second kappa shape index (κ2) is 8.92. The molecule has 25 heavy (non-hydrogen) atoms. The summed E-state index contributed by atoms with van der Waals surface area (Å²) in [5, 5.41) is 3.89. The van der Waals surface area contributed by atoms with Gasteiger partial charge in [0.1, 0.15) is 12.3 Å². The molecule has 1 aliphatic heterocycles. The minimum Gasteiger partial charge on any atom is -0.381 e. The Balaban J connectivity index is 1.41. The molecule has 0 bridgehead atoms. The van der Waals surface area contributed by atoms with E-state index in [2.05, 4.69) is 24.2 Å². The maximum absolute atomic E-state index is 12.2. The van der Waals surface area contributed by atoms with Crippen LogP contribution >= 0.6 is 0 Å². The molecule has 0 aliphatic carbocycles. The Kier molecular flexibility index (Phi) is 6.36. The summed E-state index contributed by atoms with van der Waals surface area (Å²) in [6.45, 7) is 4.50. The third-order valence-electron chi connectivity index (χ3n) is 4.60. The minimum absolute atomic E-state index is 0.0417. The third kappa shape index (κ3) is 5.51. The van der Waals surface area contributed by atoms with Gasteiger partial charge in [0.25, 0.3) is 0 Å². The van der Waals surface area contributed by atoms with Crippen LogP contribution in [0.2, 0.25) is 0 Å². The average molecular weight is 343 g/mol. The van der Waals surface area contributed by atoms with E-state index in [1.807, 2.05) is 12.1 Å². The predicted octanol–water partition coefficient (Wildman–Crippen LogP) is 4.09. The van der Waals surface area contributed by atoms with Crippen LogP contribution < -0.4 is 0 Å². The largest absolute Gasteiger partial charge is 0.381 e. The monoisotopic (exact) mass is 343 g/mol. The summed E-state index contributed by atoms with van der Waals surface area (Å²) in [6.07, 6.45) is 3.50. The normalized spacial score (nSPS) is 15.4. The van der Waals surface area contributed by atoms with Crippen LogP contribution in [0.4, 0.5) is 0 Å². The van der Waals surface area contributed by atoms with Gasteiger partial charge in [-0.2, -0.15) is 0 Å². The SMILES string of the molecule is Cc1ccc(COCc2cc(C(=O)CCC3CCOCC3)no2)cc1. The van der Waals surface area contributed by atoms with Gasteiger partial charge in [0.15, 0.2) is 11.5 Å². The number of ketones is 1. The van der Waals surface area contributed by atoms with E-state index in [1.54, 1.807) is 6.07 Å². The predicted molar refractivity (Wildman–Crippen MR) is 93.3 cm³/mol. The highest BCUT2D eigenvalue weighted by molar-refractivity contribution is 5.94. The summed E-state index contributed by atoms with van der Waals surface area (Å²) in [4.78, 5) is 12.2. The Hall–Kier alpha value is -1.98. The fourth-order valence-corrected chi connectivity index (χ4v) is 2.96. The molecule has 0 radical (unpaired) electrons. The van der Waals surface area contributed by atoms with Gasteiger partial charge in [0.2, 0.25) is 0 Å². The lowest BCUT2D eigenvalue weighted by Gasteiger charge is -2.21. The molecule has 0 N–H and O–H groups in total. The van der Waals surface area contributed by atoms with Crippen LogP contribution in [0.25, 0.3) is 0 Å². The number of carbonyl (C=O) groups is 1. The first-order chi connectivity index (χ1) is 12.2. The lowest BCUT2D eigenvalue weighted by Crippen LogP contribution is -2.16. The van der Waals surface area contributed by atoms with Gasteiger partial charge in [-0.15, -0.1) is 0 Å². The molecule has 0 atom stereocenters. The van der Waals surface area contributed by atoms with Gasteiger partial charge < -0.3 is 14.0 Å². The number of hydrogen-bond donors (Lipinski definition) is 0. The Labute approximate surface area is 148 Å². The highest BCUT2D eigenvalue weighted by Gasteiger charge is 2.18. The third-order valence-corrected chi connectivity index (χ3v) is 4.60. The molecule has 5 heteroatoms. The first-order valence-electron chi connectivity index (χ1n) is 8.90. The molecule has 1 aromatic carbocycles. The number of aromatic nitrogens is 1. The minimum atomic E-state index is 0.0417. The van der Waals surface area contributed by atoms with Gasteiger partial charge >= 0.3 is 0 Å². The van der Waals surface area contributed by atoms with E-state index in [-0.39, 0.29) is 5.78 Å². The van der Waals surface area contributed by atoms with Crippen molar-refractivity contribution < 1.29 is 18.8 Å². The van der Waals surface area contributed by atoms with Crippen LogP contribution in [0.5, 0.6) is 0 Å². The molecule has 134 valence electrons. The smallest absolute Gasteiger partial charge is 0.184 e. The van der Waals surface area contributed by atoms with Gasteiger partial charge in [-0.3, -0.25) is 4.79 Å². The summed E-state index contributed by atoms with van der Waals surface area (Å²) < 4.78 is 16.2. The summed E-state index contributed by atoms with van der Waals surface area (Å²) >= 11 is 0. The van der Waals surface area contributed by atoms with Gasteiger partial charge in [0.05, 0.1) is 6.61 Å². The van der Waals surface area contributed by atoms with Crippen LogP contribution in [-0.2, 0) is 22.7 Å². The van der Waals surface area contributed by atoms with Crippen LogP contribution in [0.3, 0.4) is 0 Å². The second-order valence-electron chi connectivity index (χ2n) is 6.67. The van der Waals surface area contributed by atoms with Crippen molar-refractivity contribution in [2.45, 2.75) is 45.8 Å². The first kappa shape index (κ1) is 17.8. The van der Waals surface area contributed by atoms with Gasteiger partial charge in [-0.25, -0.2) is 0 Å². The maximum atomic E-state index is 12.2. The van der Waals surface area contributed by atoms with E-state index in [4.69, 9.17) is 14.0 Å². The van der Waals surface area contributed by atoms with Crippen molar-refractivity contribution in [3.63, 3.8) is 0 Å². The van der Waals surface area contributed by atoms with Crippen LogP contribution in [0.15, 0.2) is 34.9 Å². The zero-order valence-corrected chi connectivity index (χ0v) is 14.7. The zero-order valence-electron chi connectivity index (χ0n) is 14.7. The number of rotatable bonds is 8. The Morgan fingerprint density at radius 3 is 2.72 bits per heavy atom. The molecule has 1 aromatic heterocycles. The fourth-order valence-electron chi connectivity index (χ4n) is 2.96. The van der Waals surface area contributed by atoms with Gasteiger partial charge in [-0.05, 0) is 37.7 Å². The average Bonchev–Trinajstić information content (AvgIpc) is 3.11. The number of benzene rings is 1. The number of ether oxygens (including phenoxy) is 2. The van der Waals surface area contributed by atoms with Crippen molar-refractivity contribution >= 4 is 5.78 Å². The van der Waals surface area contributed by atoms with Crippen LogP contribution in [-0.4, -0.2) is 24.2 Å². The number of Topliss-reactive ketones (excluding diaryl/α,β-unsaturated/α-hetero) is 1. The Bertz CT molecular complexity index is 671. The number of aryl methyl sites for hydroxylation is 1.